The number of nitrogens with one attached hydrogen (secondary N) is 2. The summed E-state index contributed by atoms with van der Waals surface area (Å²) in [7, 11) is 1.57. The molecule has 6 nitrogen and oxygen atoms in total. The number of carbonyl (C=O) groups excluding carboxylic acids is 3. The number of anilines is 2. The Bertz CT molecular complexity index is 1130. The Labute approximate surface area is 180 Å². The molecule has 6 heteroatoms. The molecule has 0 aliphatic heterocycles. The van der Waals surface area contributed by atoms with Crippen LogP contribution in [0.1, 0.15) is 33.2 Å². The summed E-state index contributed by atoms with van der Waals surface area (Å²) in [5.41, 5.74) is 2.92. The molecule has 0 radical (unpaired) electrons. The van der Waals surface area contributed by atoms with Gasteiger partial charge in [-0.25, -0.2) is 0 Å². The maximum absolute atomic E-state index is 12.5. The molecule has 0 saturated carbocycles. The largest absolute Gasteiger partial charge is 0.497 e. The van der Waals surface area contributed by atoms with Crippen molar-refractivity contribution in [2.75, 3.05) is 17.7 Å². The molecule has 0 unspecified atom stereocenters. The van der Waals surface area contributed by atoms with Crippen molar-refractivity contribution in [3.05, 3.63) is 95.6 Å². The Morgan fingerprint density at radius 1 is 0.806 bits per heavy atom. The van der Waals surface area contributed by atoms with Gasteiger partial charge < -0.3 is 15.4 Å². The first kappa shape index (κ1) is 21.5. The zero-order valence-corrected chi connectivity index (χ0v) is 17.2. The number of hydrogen-bond donors (Lipinski definition) is 2. The zero-order chi connectivity index (χ0) is 22.2. The first-order valence-corrected chi connectivity index (χ1v) is 9.60. The third-order valence-electron chi connectivity index (χ3n) is 4.39. The van der Waals surface area contributed by atoms with Crippen molar-refractivity contribution in [3.8, 4) is 5.75 Å². The lowest BCUT2D eigenvalue weighted by atomic mass is 10.1. The lowest BCUT2D eigenvalue weighted by Crippen LogP contribution is -2.11. The molecule has 2 N–H and O–H groups in total. The Balaban J connectivity index is 1.68. The van der Waals surface area contributed by atoms with E-state index in [4.69, 9.17) is 4.74 Å². The van der Waals surface area contributed by atoms with Gasteiger partial charge in [0.25, 0.3) is 5.91 Å². The first-order chi connectivity index (χ1) is 14.9. The van der Waals surface area contributed by atoms with Gasteiger partial charge in [-0.1, -0.05) is 30.3 Å². The molecule has 31 heavy (non-hydrogen) atoms. The molecule has 0 aromatic heterocycles. The first-order valence-electron chi connectivity index (χ1n) is 9.60. The highest BCUT2D eigenvalue weighted by atomic mass is 16.5. The van der Waals surface area contributed by atoms with Crippen LogP contribution in [0.15, 0.2) is 78.9 Å². The van der Waals surface area contributed by atoms with Gasteiger partial charge in [0.1, 0.15) is 5.75 Å². The topological polar surface area (TPSA) is 84.5 Å². The molecular formula is C25H22N2O4. The number of hydrogen-bond acceptors (Lipinski definition) is 4. The fourth-order valence-electron chi connectivity index (χ4n) is 2.89. The molecule has 3 aromatic rings. The number of rotatable bonds is 7. The Hall–Kier alpha value is -4.19. The van der Waals surface area contributed by atoms with E-state index in [-0.39, 0.29) is 17.6 Å². The number of benzene rings is 3. The average molecular weight is 414 g/mol. The van der Waals surface area contributed by atoms with Gasteiger partial charge in [-0.2, -0.15) is 0 Å². The summed E-state index contributed by atoms with van der Waals surface area (Å²) in [5, 5.41) is 5.50. The molecule has 0 aliphatic rings. The predicted octanol–water partition coefficient (Wildman–Crippen LogP) is 4.80. The Kier molecular flexibility index (Phi) is 6.96. The smallest absolute Gasteiger partial charge is 0.255 e. The van der Waals surface area contributed by atoms with Crippen molar-refractivity contribution in [2.45, 2.75) is 6.92 Å². The molecule has 0 fully saturated rings. The Morgan fingerprint density at radius 2 is 1.48 bits per heavy atom. The van der Waals surface area contributed by atoms with Gasteiger partial charge >= 0.3 is 0 Å². The monoisotopic (exact) mass is 414 g/mol. The van der Waals surface area contributed by atoms with Crippen molar-refractivity contribution in [1.29, 1.82) is 0 Å². The van der Waals surface area contributed by atoms with Crippen LogP contribution in [-0.2, 0) is 4.79 Å². The highest BCUT2D eigenvalue weighted by Crippen LogP contribution is 2.17. The number of ketones is 1. The van der Waals surface area contributed by atoms with Crippen molar-refractivity contribution in [2.24, 2.45) is 0 Å². The minimum Gasteiger partial charge on any atom is -0.497 e. The highest BCUT2D eigenvalue weighted by molar-refractivity contribution is 6.08. The van der Waals surface area contributed by atoms with Crippen LogP contribution in [0.2, 0.25) is 0 Å². The second-order valence-electron chi connectivity index (χ2n) is 6.77. The molecule has 3 rings (SSSR count). The maximum Gasteiger partial charge on any atom is 0.255 e. The van der Waals surface area contributed by atoms with Gasteiger partial charge in [0, 0.05) is 29.4 Å². The summed E-state index contributed by atoms with van der Waals surface area (Å²) in [4.78, 5) is 36.1. The normalized spacial score (nSPS) is 10.5. The summed E-state index contributed by atoms with van der Waals surface area (Å²) >= 11 is 0. The molecule has 0 saturated heterocycles. The van der Waals surface area contributed by atoms with Crippen LogP contribution in [0.4, 0.5) is 11.4 Å². The summed E-state index contributed by atoms with van der Waals surface area (Å²) < 4.78 is 5.10. The highest BCUT2D eigenvalue weighted by Gasteiger charge is 2.07. The molecule has 156 valence electrons. The molecule has 3 aromatic carbocycles. The van der Waals surface area contributed by atoms with Crippen LogP contribution in [0.5, 0.6) is 5.75 Å². The van der Waals surface area contributed by atoms with Gasteiger partial charge in [-0.3, -0.25) is 14.4 Å². The number of ether oxygens (including phenoxy) is 1. The van der Waals surface area contributed by atoms with E-state index < -0.39 is 0 Å². The Morgan fingerprint density at radius 3 is 2.16 bits per heavy atom. The standard InChI is InChI=1S/C25H22N2O4/c1-17(28)26-22-8-4-6-20(16-22)24(29)14-9-18-5-3-7-21(15-18)27-25(30)19-10-12-23(31-2)13-11-19/h3-16H,1-2H3,(H,26,28)(H,27,30)/b14-9+. The molecule has 0 spiro atoms. The summed E-state index contributed by atoms with van der Waals surface area (Å²) in [6, 6.07) is 20.7. The van der Waals surface area contributed by atoms with Crippen molar-refractivity contribution < 1.29 is 19.1 Å². The van der Waals surface area contributed by atoms with Gasteiger partial charge in [-0.15, -0.1) is 0 Å². The SMILES string of the molecule is COc1ccc(C(=O)Nc2cccc(/C=C/C(=O)c3cccc(NC(C)=O)c3)c2)cc1. The van der Waals surface area contributed by atoms with E-state index in [2.05, 4.69) is 10.6 Å². The van der Waals surface area contributed by atoms with Crippen LogP contribution in [0.3, 0.4) is 0 Å². The van der Waals surface area contributed by atoms with Crippen molar-refractivity contribution in [1.82, 2.24) is 0 Å². The average Bonchev–Trinajstić information content (AvgIpc) is 2.77. The van der Waals surface area contributed by atoms with E-state index in [1.165, 1.54) is 13.0 Å². The minimum atomic E-state index is -0.241. The number of allylic oxidation sites excluding steroid dienone is 1. The summed E-state index contributed by atoms with van der Waals surface area (Å²) in [6.07, 6.45) is 3.13. The van der Waals surface area contributed by atoms with Gasteiger partial charge in [-0.05, 0) is 60.2 Å². The number of amides is 2. The van der Waals surface area contributed by atoms with Gasteiger partial charge in [0.05, 0.1) is 7.11 Å². The van der Waals surface area contributed by atoms with E-state index >= 15 is 0 Å². The van der Waals surface area contributed by atoms with Crippen LogP contribution < -0.4 is 15.4 Å². The fourth-order valence-corrected chi connectivity index (χ4v) is 2.89. The lowest BCUT2D eigenvalue weighted by molar-refractivity contribution is -0.114. The molecular weight excluding hydrogens is 392 g/mol. The lowest BCUT2D eigenvalue weighted by Gasteiger charge is -2.07. The van der Waals surface area contributed by atoms with Crippen LogP contribution in [0.25, 0.3) is 6.08 Å². The van der Waals surface area contributed by atoms with Crippen molar-refractivity contribution >= 4 is 35.0 Å². The van der Waals surface area contributed by atoms with E-state index in [1.807, 2.05) is 6.07 Å². The van der Waals surface area contributed by atoms with Crippen molar-refractivity contribution in [3.63, 3.8) is 0 Å². The fraction of sp³-hybridized carbons (Fsp3) is 0.0800. The maximum atomic E-state index is 12.5. The van der Waals surface area contributed by atoms with Gasteiger partial charge in [0.15, 0.2) is 5.78 Å². The molecule has 0 bridgehead atoms. The van der Waals surface area contributed by atoms with Crippen LogP contribution >= 0.6 is 0 Å². The third-order valence-corrected chi connectivity index (χ3v) is 4.39. The summed E-state index contributed by atoms with van der Waals surface area (Å²) in [5.74, 6) is 0.0409. The van der Waals surface area contributed by atoms with E-state index in [1.54, 1.807) is 79.9 Å². The molecule has 2 amide bonds. The predicted molar refractivity (Wildman–Crippen MR) is 121 cm³/mol. The van der Waals surface area contributed by atoms with Gasteiger partial charge in [0.2, 0.25) is 5.91 Å². The third kappa shape index (κ3) is 6.14. The van der Waals surface area contributed by atoms with Crippen LogP contribution in [0, 0.1) is 0 Å². The molecule has 0 aliphatic carbocycles. The van der Waals surface area contributed by atoms with Crippen LogP contribution in [-0.4, -0.2) is 24.7 Å². The quantitative estimate of drug-likeness (QED) is 0.430. The van der Waals surface area contributed by atoms with E-state index in [0.29, 0.717) is 28.3 Å². The minimum absolute atomic E-state index is 0.195. The summed E-state index contributed by atoms with van der Waals surface area (Å²) in [6.45, 7) is 1.41. The molecule has 0 atom stereocenters. The zero-order valence-electron chi connectivity index (χ0n) is 17.2. The van der Waals surface area contributed by atoms with E-state index in [9.17, 15) is 14.4 Å². The number of carbonyl (C=O) groups is 3. The number of methoxy groups -OCH3 is 1. The second-order valence-corrected chi connectivity index (χ2v) is 6.77. The molecule has 0 heterocycles. The second kappa shape index (κ2) is 10.0. The van der Waals surface area contributed by atoms with E-state index in [0.717, 1.165) is 5.56 Å².